The molecule has 0 saturated carbocycles. The van der Waals surface area contributed by atoms with Crippen LogP contribution in [0.3, 0.4) is 0 Å². The molecule has 0 bridgehead atoms. The second-order valence-electron chi connectivity index (χ2n) is 3.45. The first-order chi connectivity index (χ1) is 6.54. The summed E-state index contributed by atoms with van der Waals surface area (Å²) >= 11 is 0. The summed E-state index contributed by atoms with van der Waals surface area (Å²) in [5.41, 5.74) is 0.937. The fraction of sp³-hybridized carbons (Fsp3) is 0.700. The van der Waals surface area contributed by atoms with Gasteiger partial charge in [0.15, 0.2) is 0 Å². The number of allylic oxidation sites excluding steroid dienone is 1. The van der Waals surface area contributed by atoms with Gasteiger partial charge in [0.1, 0.15) is 6.04 Å². The lowest BCUT2D eigenvalue weighted by Crippen LogP contribution is -2.28. The zero-order chi connectivity index (χ0) is 10.6. The molecule has 80 valence electrons. The van der Waals surface area contributed by atoms with Crippen molar-refractivity contribution >= 4 is 6.21 Å². The first kappa shape index (κ1) is 11.3. The van der Waals surface area contributed by atoms with Crippen molar-refractivity contribution in [2.45, 2.75) is 44.8 Å². The molecule has 0 aromatic heterocycles. The largest absolute Gasteiger partial charge is 0.411 e. The average Bonchev–Trinajstić information content (AvgIpc) is 2.14. The van der Waals surface area contributed by atoms with Gasteiger partial charge < -0.3 is 0 Å². The van der Waals surface area contributed by atoms with Crippen molar-refractivity contribution in [2.75, 3.05) is 0 Å². The summed E-state index contributed by atoms with van der Waals surface area (Å²) in [5.74, 6) is 0. The van der Waals surface area contributed by atoms with E-state index in [-0.39, 0.29) is 6.42 Å². The lowest BCUT2D eigenvalue weighted by molar-refractivity contribution is -0.146. The molecule has 0 N–H and O–H groups in total. The van der Waals surface area contributed by atoms with Crippen molar-refractivity contribution in [3.05, 3.63) is 11.6 Å². The summed E-state index contributed by atoms with van der Waals surface area (Å²) in [6.45, 7) is 2.05. The van der Waals surface area contributed by atoms with Gasteiger partial charge in [-0.1, -0.05) is 19.4 Å². The van der Waals surface area contributed by atoms with Gasteiger partial charge in [-0.25, -0.2) is 0 Å². The minimum Gasteiger partial charge on any atom is -0.280 e. The summed E-state index contributed by atoms with van der Waals surface area (Å²) in [6, 6.07) is -1.52. The third kappa shape index (κ3) is 3.16. The first-order valence-corrected chi connectivity index (χ1v) is 4.83. The van der Waals surface area contributed by atoms with Crippen molar-refractivity contribution in [2.24, 2.45) is 4.99 Å². The molecule has 0 aliphatic carbocycles. The molecular weight excluding hydrogens is 191 g/mol. The number of halogens is 3. The molecule has 1 nitrogen and oxygen atoms in total. The SMILES string of the molecule is CCCCC1=CCC(C(F)(F)F)N=C1. The highest BCUT2D eigenvalue weighted by atomic mass is 19.4. The average molecular weight is 205 g/mol. The Morgan fingerprint density at radius 1 is 1.50 bits per heavy atom. The van der Waals surface area contributed by atoms with Gasteiger partial charge >= 0.3 is 6.18 Å². The number of dihydropyridines is 1. The van der Waals surface area contributed by atoms with Crippen LogP contribution >= 0.6 is 0 Å². The predicted molar refractivity (Wildman–Crippen MR) is 50.6 cm³/mol. The molecule has 0 amide bonds. The highest BCUT2D eigenvalue weighted by Crippen LogP contribution is 2.28. The van der Waals surface area contributed by atoms with E-state index in [0.717, 1.165) is 24.8 Å². The maximum Gasteiger partial charge on any atom is 0.411 e. The Bertz CT molecular complexity index is 240. The normalized spacial score (nSPS) is 22.3. The van der Waals surface area contributed by atoms with Crippen LogP contribution in [0.1, 0.15) is 32.6 Å². The van der Waals surface area contributed by atoms with E-state index >= 15 is 0 Å². The summed E-state index contributed by atoms with van der Waals surface area (Å²) in [4.78, 5) is 3.52. The fourth-order valence-electron chi connectivity index (χ4n) is 1.33. The van der Waals surface area contributed by atoms with Gasteiger partial charge in [0, 0.05) is 6.21 Å². The Labute approximate surface area is 81.7 Å². The number of rotatable bonds is 3. The number of unbranched alkanes of at least 4 members (excludes halogenated alkanes) is 1. The molecule has 1 aliphatic rings. The molecule has 0 aromatic carbocycles. The van der Waals surface area contributed by atoms with Crippen molar-refractivity contribution in [1.82, 2.24) is 0 Å². The Morgan fingerprint density at radius 2 is 2.21 bits per heavy atom. The third-order valence-corrected chi connectivity index (χ3v) is 2.22. The molecule has 0 radical (unpaired) electrons. The topological polar surface area (TPSA) is 12.4 Å². The standard InChI is InChI=1S/C10H14F3N/c1-2-3-4-8-5-6-9(14-7-8)10(11,12)13/h5,7,9H,2-4,6H2,1H3. The zero-order valence-corrected chi connectivity index (χ0v) is 8.14. The van der Waals surface area contributed by atoms with Crippen LogP contribution in [0.15, 0.2) is 16.6 Å². The van der Waals surface area contributed by atoms with Gasteiger partial charge in [0.25, 0.3) is 0 Å². The highest BCUT2D eigenvalue weighted by Gasteiger charge is 2.39. The summed E-state index contributed by atoms with van der Waals surface area (Å²) in [6.07, 6.45) is 1.73. The van der Waals surface area contributed by atoms with Gasteiger partial charge in [-0.3, -0.25) is 4.99 Å². The molecule has 14 heavy (non-hydrogen) atoms. The number of hydrogen-bond donors (Lipinski definition) is 0. The molecule has 0 aromatic rings. The van der Waals surface area contributed by atoms with Gasteiger partial charge in [0.05, 0.1) is 0 Å². The number of hydrogen-bond acceptors (Lipinski definition) is 1. The zero-order valence-electron chi connectivity index (χ0n) is 8.14. The van der Waals surface area contributed by atoms with Crippen LogP contribution in [-0.4, -0.2) is 18.4 Å². The van der Waals surface area contributed by atoms with Crippen LogP contribution in [0.2, 0.25) is 0 Å². The summed E-state index contributed by atoms with van der Waals surface area (Å²) < 4.78 is 36.5. The Hall–Kier alpha value is -0.800. The Balaban J connectivity index is 2.45. The van der Waals surface area contributed by atoms with E-state index in [1.165, 1.54) is 6.21 Å². The van der Waals surface area contributed by atoms with Crippen molar-refractivity contribution < 1.29 is 13.2 Å². The molecule has 1 unspecified atom stereocenters. The van der Waals surface area contributed by atoms with Crippen LogP contribution in [0.4, 0.5) is 13.2 Å². The maximum atomic E-state index is 12.2. The monoisotopic (exact) mass is 205 g/mol. The Kier molecular flexibility index (Phi) is 3.72. The minimum atomic E-state index is -4.19. The summed E-state index contributed by atoms with van der Waals surface area (Å²) in [7, 11) is 0. The van der Waals surface area contributed by atoms with Gasteiger partial charge in [0.2, 0.25) is 0 Å². The molecule has 0 saturated heterocycles. The van der Waals surface area contributed by atoms with Crippen molar-refractivity contribution in [3.63, 3.8) is 0 Å². The van der Waals surface area contributed by atoms with Crippen molar-refractivity contribution in [3.8, 4) is 0 Å². The quantitative estimate of drug-likeness (QED) is 0.668. The molecule has 1 heterocycles. The number of aliphatic imine (C=N–C) groups is 1. The van der Waals surface area contributed by atoms with Crippen molar-refractivity contribution in [1.29, 1.82) is 0 Å². The second kappa shape index (κ2) is 4.62. The number of nitrogens with zero attached hydrogens (tertiary/aromatic N) is 1. The van der Waals surface area contributed by atoms with E-state index in [1.807, 2.05) is 0 Å². The van der Waals surface area contributed by atoms with E-state index < -0.39 is 12.2 Å². The molecular formula is C10H14F3N. The van der Waals surface area contributed by atoms with E-state index in [4.69, 9.17) is 0 Å². The highest BCUT2D eigenvalue weighted by molar-refractivity contribution is 5.79. The van der Waals surface area contributed by atoms with E-state index in [1.54, 1.807) is 6.08 Å². The van der Waals surface area contributed by atoms with Gasteiger partial charge in [-0.2, -0.15) is 13.2 Å². The number of alkyl halides is 3. The third-order valence-electron chi connectivity index (χ3n) is 2.22. The molecule has 0 fully saturated rings. The van der Waals surface area contributed by atoms with Crippen LogP contribution in [0.5, 0.6) is 0 Å². The van der Waals surface area contributed by atoms with Crippen LogP contribution in [0, 0.1) is 0 Å². The lowest BCUT2D eigenvalue weighted by Gasteiger charge is -2.18. The first-order valence-electron chi connectivity index (χ1n) is 4.83. The van der Waals surface area contributed by atoms with Crippen LogP contribution < -0.4 is 0 Å². The smallest absolute Gasteiger partial charge is 0.280 e. The second-order valence-corrected chi connectivity index (χ2v) is 3.45. The summed E-state index contributed by atoms with van der Waals surface area (Å²) in [5, 5.41) is 0. The minimum absolute atomic E-state index is 0.000945. The predicted octanol–water partition coefficient (Wildman–Crippen LogP) is 3.51. The van der Waals surface area contributed by atoms with E-state index in [2.05, 4.69) is 11.9 Å². The van der Waals surface area contributed by atoms with Gasteiger partial charge in [-0.15, -0.1) is 0 Å². The maximum absolute atomic E-state index is 12.2. The Morgan fingerprint density at radius 3 is 2.64 bits per heavy atom. The van der Waals surface area contributed by atoms with Crippen LogP contribution in [-0.2, 0) is 0 Å². The molecule has 1 aliphatic heterocycles. The van der Waals surface area contributed by atoms with E-state index in [0.29, 0.717) is 0 Å². The molecule has 0 spiro atoms. The molecule has 4 heteroatoms. The molecule has 1 atom stereocenters. The van der Waals surface area contributed by atoms with Crippen LogP contribution in [0.25, 0.3) is 0 Å². The lowest BCUT2D eigenvalue weighted by atomic mass is 10.0. The molecule has 1 rings (SSSR count). The fourth-order valence-corrected chi connectivity index (χ4v) is 1.33. The van der Waals surface area contributed by atoms with Gasteiger partial charge in [-0.05, 0) is 24.8 Å². The van der Waals surface area contributed by atoms with E-state index in [9.17, 15) is 13.2 Å².